The van der Waals surface area contributed by atoms with Crippen LogP contribution in [0.15, 0.2) is 46.9 Å². The molecule has 5 heteroatoms. The molecule has 2 aromatic carbocycles. The molecule has 3 nitrogen and oxygen atoms in total. The van der Waals surface area contributed by atoms with Gasteiger partial charge in [0.1, 0.15) is 11.5 Å². The van der Waals surface area contributed by atoms with E-state index in [1.54, 1.807) is 24.3 Å². The van der Waals surface area contributed by atoms with Crippen LogP contribution in [-0.2, 0) is 0 Å². The summed E-state index contributed by atoms with van der Waals surface area (Å²) in [5.41, 5.74) is 0. The Morgan fingerprint density at radius 2 is 1.95 bits per heavy atom. The largest absolute Gasteiger partial charge is 0.508 e. The minimum absolute atomic E-state index is 0.00176. The van der Waals surface area contributed by atoms with E-state index in [-0.39, 0.29) is 11.5 Å². The lowest BCUT2D eigenvalue weighted by atomic mass is 10.3. The van der Waals surface area contributed by atoms with Crippen molar-refractivity contribution in [2.24, 2.45) is 0 Å². The SMILES string of the molecule is CC#N.Oc1ccc(F)c(Oc2cccc(Br)c2)c1. The van der Waals surface area contributed by atoms with Crippen LogP contribution >= 0.6 is 15.9 Å². The first-order valence-corrected chi connectivity index (χ1v) is 6.09. The van der Waals surface area contributed by atoms with Gasteiger partial charge in [0.15, 0.2) is 11.6 Å². The van der Waals surface area contributed by atoms with Gasteiger partial charge in [0.2, 0.25) is 0 Å². The van der Waals surface area contributed by atoms with Gasteiger partial charge >= 0.3 is 0 Å². The van der Waals surface area contributed by atoms with E-state index in [0.29, 0.717) is 5.75 Å². The van der Waals surface area contributed by atoms with Crippen molar-refractivity contribution >= 4 is 15.9 Å². The highest BCUT2D eigenvalue weighted by atomic mass is 79.9. The molecule has 0 aliphatic rings. The number of nitrogens with zero attached hydrogens (tertiary/aromatic N) is 1. The predicted molar refractivity (Wildman–Crippen MR) is 73.6 cm³/mol. The summed E-state index contributed by atoms with van der Waals surface area (Å²) in [6.07, 6.45) is 0. The normalized spacial score (nSPS) is 8.95. The maximum absolute atomic E-state index is 13.3. The van der Waals surface area contributed by atoms with Crippen molar-refractivity contribution in [3.63, 3.8) is 0 Å². The van der Waals surface area contributed by atoms with Crippen molar-refractivity contribution < 1.29 is 14.2 Å². The average Bonchev–Trinajstić information content (AvgIpc) is 2.35. The molecule has 0 unspecified atom stereocenters. The minimum Gasteiger partial charge on any atom is -0.508 e. The number of rotatable bonds is 2. The van der Waals surface area contributed by atoms with Gasteiger partial charge in [-0.05, 0) is 30.3 Å². The number of benzene rings is 2. The van der Waals surface area contributed by atoms with Gasteiger partial charge in [-0.3, -0.25) is 0 Å². The van der Waals surface area contributed by atoms with E-state index in [1.807, 2.05) is 6.07 Å². The first-order chi connectivity index (χ1) is 9.06. The van der Waals surface area contributed by atoms with Gasteiger partial charge in [0.25, 0.3) is 0 Å². The molecule has 1 N–H and O–H groups in total. The van der Waals surface area contributed by atoms with Crippen molar-refractivity contribution in [1.82, 2.24) is 0 Å². The van der Waals surface area contributed by atoms with E-state index in [1.165, 1.54) is 19.1 Å². The summed E-state index contributed by atoms with van der Waals surface area (Å²) in [5.74, 6) is -0.0545. The molecular formula is C14H11BrFNO2. The van der Waals surface area contributed by atoms with E-state index in [9.17, 15) is 9.50 Å². The second-order valence-corrected chi connectivity index (χ2v) is 4.31. The summed E-state index contributed by atoms with van der Waals surface area (Å²) in [6.45, 7) is 1.43. The third kappa shape index (κ3) is 4.98. The Morgan fingerprint density at radius 3 is 2.58 bits per heavy atom. The van der Waals surface area contributed by atoms with E-state index in [4.69, 9.17) is 10.00 Å². The van der Waals surface area contributed by atoms with E-state index in [0.717, 1.165) is 10.5 Å². The number of nitriles is 1. The van der Waals surface area contributed by atoms with Crippen LogP contribution in [0, 0.1) is 17.1 Å². The fraction of sp³-hybridized carbons (Fsp3) is 0.0714. The number of ether oxygens (including phenoxy) is 1. The van der Waals surface area contributed by atoms with Crippen molar-refractivity contribution in [3.8, 4) is 23.3 Å². The summed E-state index contributed by atoms with van der Waals surface area (Å²) >= 11 is 3.29. The quantitative estimate of drug-likeness (QED) is 0.877. The third-order valence-electron chi connectivity index (χ3n) is 1.94. The van der Waals surface area contributed by atoms with Gasteiger partial charge in [-0.25, -0.2) is 4.39 Å². The molecule has 98 valence electrons. The van der Waals surface area contributed by atoms with Crippen LogP contribution in [0.25, 0.3) is 0 Å². The number of halogens is 2. The Bertz CT molecular complexity index is 596. The number of aromatic hydroxyl groups is 1. The predicted octanol–water partition coefficient (Wildman–Crippen LogP) is 4.62. The molecule has 0 saturated heterocycles. The molecule has 0 heterocycles. The number of hydrogen-bond donors (Lipinski definition) is 1. The Labute approximate surface area is 119 Å². The fourth-order valence-corrected chi connectivity index (χ4v) is 1.61. The monoisotopic (exact) mass is 323 g/mol. The first kappa shape index (κ1) is 15.0. The zero-order valence-electron chi connectivity index (χ0n) is 10.1. The molecular weight excluding hydrogens is 313 g/mol. The summed E-state index contributed by atoms with van der Waals surface area (Å²) in [7, 11) is 0. The molecule has 2 aromatic rings. The van der Waals surface area contributed by atoms with Gasteiger partial charge in [0, 0.05) is 17.5 Å². The van der Waals surface area contributed by atoms with Crippen LogP contribution in [0.4, 0.5) is 4.39 Å². The minimum atomic E-state index is -0.516. The zero-order valence-corrected chi connectivity index (χ0v) is 11.7. The summed E-state index contributed by atoms with van der Waals surface area (Å²) in [4.78, 5) is 0. The van der Waals surface area contributed by atoms with Crippen molar-refractivity contribution in [2.45, 2.75) is 6.92 Å². The Hall–Kier alpha value is -2.06. The van der Waals surface area contributed by atoms with Crippen LogP contribution in [0.2, 0.25) is 0 Å². The van der Waals surface area contributed by atoms with Gasteiger partial charge in [-0.2, -0.15) is 5.26 Å². The summed E-state index contributed by atoms with van der Waals surface area (Å²) < 4.78 is 19.5. The van der Waals surface area contributed by atoms with Gasteiger partial charge < -0.3 is 9.84 Å². The molecule has 0 saturated carbocycles. The van der Waals surface area contributed by atoms with Crippen LogP contribution in [0.1, 0.15) is 6.92 Å². The van der Waals surface area contributed by atoms with Gasteiger partial charge in [-0.1, -0.05) is 22.0 Å². The van der Waals surface area contributed by atoms with Crippen molar-refractivity contribution in [3.05, 3.63) is 52.8 Å². The molecule has 19 heavy (non-hydrogen) atoms. The standard InChI is InChI=1S/C12H8BrFO2.C2H3N/c13-8-2-1-3-10(6-8)16-12-7-9(15)4-5-11(12)14;1-2-3/h1-7,15H;1H3. The molecule has 0 aliphatic carbocycles. The van der Waals surface area contributed by atoms with Crippen molar-refractivity contribution in [2.75, 3.05) is 0 Å². The van der Waals surface area contributed by atoms with Crippen LogP contribution in [-0.4, -0.2) is 5.11 Å². The smallest absolute Gasteiger partial charge is 0.166 e. The maximum atomic E-state index is 13.3. The highest BCUT2D eigenvalue weighted by molar-refractivity contribution is 9.10. The Kier molecular flexibility index (Phi) is 5.83. The second-order valence-electron chi connectivity index (χ2n) is 3.40. The fourth-order valence-electron chi connectivity index (χ4n) is 1.23. The van der Waals surface area contributed by atoms with Gasteiger partial charge in [-0.15, -0.1) is 0 Å². The highest BCUT2D eigenvalue weighted by Gasteiger charge is 2.05. The number of phenolic OH excluding ortho intramolecular Hbond substituents is 1. The third-order valence-corrected chi connectivity index (χ3v) is 2.43. The molecule has 0 fully saturated rings. The molecule has 0 radical (unpaired) electrons. The van der Waals surface area contributed by atoms with Crippen LogP contribution in [0.3, 0.4) is 0 Å². The Balaban J connectivity index is 0.000000550. The molecule has 0 spiro atoms. The van der Waals surface area contributed by atoms with Crippen LogP contribution in [0.5, 0.6) is 17.2 Å². The molecule has 2 rings (SSSR count). The summed E-state index contributed by atoms with van der Waals surface area (Å²) in [5, 5.41) is 16.5. The first-order valence-electron chi connectivity index (χ1n) is 5.29. The summed E-state index contributed by atoms with van der Waals surface area (Å²) in [6, 6.07) is 12.4. The number of phenols is 1. The molecule has 0 aromatic heterocycles. The van der Waals surface area contributed by atoms with E-state index < -0.39 is 5.82 Å². The molecule has 0 amide bonds. The average molecular weight is 324 g/mol. The lowest BCUT2D eigenvalue weighted by Gasteiger charge is -2.07. The zero-order chi connectivity index (χ0) is 14.3. The maximum Gasteiger partial charge on any atom is 0.166 e. The molecule has 0 atom stereocenters. The molecule has 0 aliphatic heterocycles. The van der Waals surface area contributed by atoms with Crippen molar-refractivity contribution in [1.29, 1.82) is 5.26 Å². The van der Waals surface area contributed by atoms with Gasteiger partial charge in [0.05, 0.1) is 6.07 Å². The lowest BCUT2D eigenvalue weighted by molar-refractivity contribution is 0.427. The second kappa shape index (κ2) is 7.39. The van der Waals surface area contributed by atoms with Crippen LogP contribution < -0.4 is 4.74 Å². The Morgan fingerprint density at radius 1 is 1.26 bits per heavy atom. The molecule has 0 bridgehead atoms. The van der Waals surface area contributed by atoms with E-state index in [2.05, 4.69) is 15.9 Å². The topological polar surface area (TPSA) is 53.2 Å². The number of hydrogen-bond acceptors (Lipinski definition) is 3. The highest BCUT2D eigenvalue weighted by Crippen LogP contribution is 2.29. The lowest BCUT2D eigenvalue weighted by Crippen LogP contribution is -1.87. The van der Waals surface area contributed by atoms with E-state index >= 15 is 0 Å².